The normalized spacial score (nSPS) is 27.7. The molecule has 2 N–H and O–H groups in total. The number of alkyl halides is 9. The van der Waals surface area contributed by atoms with Gasteiger partial charge in [-0.3, -0.25) is 0 Å². The second-order valence-corrected chi connectivity index (χ2v) is 5.96. The maximum atomic E-state index is 12.7. The van der Waals surface area contributed by atoms with Crippen LogP contribution in [0, 0.1) is 11.8 Å². The summed E-state index contributed by atoms with van der Waals surface area (Å²) in [6.45, 7) is 0.428. The van der Waals surface area contributed by atoms with E-state index in [0.29, 0.717) is 6.92 Å². The summed E-state index contributed by atoms with van der Waals surface area (Å²) in [6, 6.07) is 0. The molecule has 1 rings (SSSR count). The van der Waals surface area contributed by atoms with Gasteiger partial charge in [-0.1, -0.05) is 0 Å². The van der Waals surface area contributed by atoms with Crippen molar-refractivity contribution >= 4 is 0 Å². The van der Waals surface area contributed by atoms with Crippen molar-refractivity contribution in [2.45, 2.75) is 62.3 Å². The van der Waals surface area contributed by atoms with Crippen LogP contribution in [-0.4, -0.2) is 39.9 Å². The quantitative estimate of drug-likeness (QED) is 0.730. The first-order valence-corrected chi connectivity index (χ1v) is 6.61. The molecule has 1 saturated carbocycles. The lowest BCUT2D eigenvalue weighted by molar-refractivity contribution is -0.388. The molecule has 1 aliphatic rings. The van der Waals surface area contributed by atoms with Crippen molar-refractivity contribution in [1.29, 1.82) is 0 Å². The number of rotatable bonds is 2. The molecule has 0 amide bonds. The molecular weight excluding hydrogens is 347 g/mol. The van der Waals surface area contributed by atoms with E-state index in [-0.39, 0.29) is 0 Å². The lowest BCUT2D eigenvalue weighted by Crippen LogP contribution is -2.62. The van der Waals surface area contributed by atoms with Crippen LogP contribution >= 0.6 is 0 Å². The standard InChI is InChI=1S/C12H15F9O2/c1-8(22,10(13,14)15)6-2-4-7(5-3-6)9(23,11(16,17)18)12(19,20)21/h6-7,22-23H,2-5H2,1H3. The van der Waals surface area contributed by atoms with Gasteiger partial charge in [-0.25, -0.2) is 0 Å². The average Bonchev–Trinajstić information content (AvgIpc) is 2.33. The molecule has 0 radical (unpaired) electrons. The molecule has 1 unspecified atom stereocenters. The van der Waals surface area contributed by atoms with Crippen LogP contribution in [0.1, 0.15) is 32.6 Å². The Hall–Kier alpha value is -0.710. The van der Waals surface area contributed by atoms with Crippen molar-refractivity contribution < 1.29 is 49.7 Å². The van der Waals surface area contributed by atoms with Crippen molar-refractivity contribution in [2.24, 2.45) is 11.8 Å². The van der Waals surface area contributed by atoms with Crippen LogP contribution in [0.4, 0.5) is 39.5 Å². The van der Waals surface area contributed by atoms with Gasteiger partial charge in [-0.15, -0.1) is 0 Å². The van der Waals surface area contributed by atoms with Crippen LogP contribution in [0.3, 0.4) is 0 Å². The van der Waals surface area contributed by atoms with E-state index >= 15 is 0 Å². The molecule has 0 aromatic heterocycles. The van der Waals surface area contributed by atoms with Gasteiger partial charge in [0.2, 0.25) is 0 Å². The molecule has 0 heterocycles. The fourth-order valence-corrected chi connectivity index (χ4v) is 2.93. The Bertz CT molecular complexity index is 400. The Balaban J connectivity index is 2.98. The molecule has 138 valence electrons. The van der Waals surface area contributed by atoms with E-state index in [1.165, 1.54) is 0 Å². The molecule has 11 heteroatoms. The molecule has 0 spiro atoms. The zero-order chi connectivity index (χ0) is 18.5. The minimum absolute atomic E-state index is 0.428. The molecule has 0 bridgehead atoms. The summed E-state index contributed by atoms with van der Waals surface area (Å²) < 4.78 is 114. The van der Waals surface area contributed by atoms with Crippen molar-refractivity contribution in [3.8, 4) is 0 Å². The van der Waals surface area contributed by atoms with E-state index in [4.69, 9.17) is 0 Å². The van der Waals surface area contributed by atoms with Crippen LogP contribution in [0.15, 0.2) is 0 Å². The monoisotopic (exact) mass is 362 g/mol. The zero-order valence-corrected chi connectivity index (χ0v) is 11.8. The Morgan fingerprint density at radius 1 is 0.609 bits per heavy atom. The number of aliphatic hydroxyl groups is 2. The largest absolute Gasteiger partial charge is 0.426 e. The van der Waals surface area contributed by atoms with Gasteiger partial charge in [-0.2, -0.15) is 39.5 Å². The Morgan fingerprint density at radius 3 is 1.17 bits per heavy atom. The van der Waals surface area contributed by atoms with Crippen molar-refractivity contribution in [1.82, 2.24) is 0 Å². The van der Waals surface area contributed by atoms with Crippen LogP contribution in [0.25, 0.3) is 0 Å². The highest BCUT2D eigenvalue weighted by Crippen LogP contribution is 2.54. The first-order valence-electron chi connectivity index (χ1n) is 6.61. The third-order valence-corrected chi connectivity index (χ3v) is 4.55. The third-order valence-electron chi connectivity index (χ3n) is 4.55. The molecule has 1 aliphatic carbocycles. The molecule has 0 saturated heterocycles. The van der Waals surface area contributed by atoms with Crippen LogP contribution in [0.5, 0.6) is 0 Å². The van der Waals surface area contributed by atoms with Gasteiger partial charge in [0.05, 0.1) is 0 Å². The van der Waals surface area contributed by atoms with Gasteiger partial charge < -0.3 is 10.2 Å². The topological polar surface area (TPSA) is 40.5 Å². The second-order valence-electron chi connectivity index (χ2n) is 5.96. The predicted molar refractivity (Wildman–Crippen MR) is 59.2 cm³/mol. The van der Waals surface area contributed by atoms with Gasteiger partial charge >= 0.3 is 18.5 Å². The predicted octanol–water partition coefficient (Wildman–Crippen LogP) is 3.96. The van der Waals surface area contributed by atoms with Gasteiger partial charge in [-0.05, 0) is 38.5 Å². The molecule has 23 heavy (non-hydrogen) atoms. The maximum absolute atomic E-state index is 12.7. The summed E-state index contributed by atoms with van der Waals surface area (Å²) in [5, 5.41) is 18.7. The first-order chi connectivity index (χ1) is 9.96. The maximum Gasteiger partial charge on any atom is 0.426 e. The van der Waals surface area contributed by atoms with E-state index in [9.17, 15) is 49.7 Å². The zero-order valence-electron chi connectivity index (χ0n) is 11.8. The van der Waals surface area contributed by atoms with Crippen molar-refractivity contribution in [3.63, 3.8) is 0 Å². The van der Waals surface area contributed by atoms with Gasteiger partial charge in [0.15, 0.2) is 5.60 Å². The van der Waals surface area contributed by atoms with Crippen LogP contribution < -0.4 is 0 Å². The highest BCUT2D eigenvalue weighted by molar-refractivity contribution is 5.02. The summed E-state index contributed by atoms with van der Waals surface area (Å²) >= 11 is 0. The van der Waals surface area contributed by atoms with E-state index in [1.807, 2.05) is 0 Å². The molecule has 0 aromatic carbocycles. The summed E-state index contributed by atoms with van der Waals surface area (Å²) in [4.78, 5) is 0. The van der Waals surface area contributed by atoms with Crippen LogP contribution in [0.2, 0.25) is 0 Å². The van der Waals surface area contributed by atoms with E-state index in [0.717, 1.165) is 0 Å². The van der Waals surface area contributed by atoms with E-state index < -0.39 is 67.3 Å². The number of halogens is 9. The van der Waals surface area contributed by atoms with Crippen molar-refractivity contribution in [2.75, 3.05) is 0 Å². The van der Waals surface area contributed by atoms with Crippen LogP contribution in [-0.2, 0) is 0 Å². The Kier molecular flexibility index (Phi) is 5.02. The lowest BCUT2D eigenvalue weighted by atomic mass is 9.68. The van der Waals surface area contributed by atoms with Gasteiger partial charge in [0, 0.05) is 5.92 Å². The fourth-order valence-electron chi connectivity index (χ4n) is 2.93. The smallest absolute Gasteiger partial charge is 0.380 e. The first kappa shape index (κ1) is 20.3. The molecule has 0 aliphatic heterocycles. The number of hydrogen-bond acceptors (Lipinski definition) is 2. The van der Waals surface area contributed by atoms with E-state index in [2.05, 4.69) is 0 Å². The highest BCUT2D eigenvalue weighted by atomic mass is 19.4. The molecule has 2 nitrogen and oxygen atoms in total. The minimum atomic E-state index is -6.00. The molecule has 1 fully saturated rings. The van der Waals surface area contributed by atoms with Crippen molar-refractivity contribution in [3.05, 3.63) is 0 Å². The fraction of sp³-hybridized carbons (Fsp3) is 1.00. The Labute approximate surface area is 125 Å². The SMILES string of the molecule is CC(O)(C1CCC(C(O)(C(F)(F)F)C(F)(F)F)CC1)C(F)(F)F. The second kappa shape index (κ2) is 5.68. The highest BCUT2D eigenvalue weighted by Gasteiger charge is 2.73. The summed E-state index contributed by atoms with van der Waals surface area (Å²) in [5.41, 5.74) is -8.19. The molecular formula is C12H15F9O2. The summed E-state index contributed by atoms with van der Waals surface area (Å²) in [7, 11) is 0. The molecule has 1 atom stereocenters. The lowest BCUT2D eigenvalue weighted by Gasteiger charge is -2.44. The average molecular weight is 362 g/mol. The third kappa shape index (κ3) is 3.40. The number of hydrogen-bond donors (Lipinski definition) is 2. The summed E-state index contributed by atoms with van der Waals surface area (Å²) in [5.74, 6) is -3.85. The van der Waals surface area contributed by atoms with Gasteiger partial charge in [0.1, 0.15) is 0 Å². The van der Waals surface area contributed by atoms with Gasteiger partial charge in [0.25, 0.3) is 5.60 Å². The summed E-state index contributed by atoms with van der Waals surface area (Å²) in [6.07, 6.45) is -20.4. The van der Waals surface area contributed by atoms with E-state index in [1.54, 1.807) is 0 Å². The Morgan fingerprint density at radius 2 is 0.913 bits per heavy atom. The minimum Gasteiger partial charge on any atom is -0.380 e. The molecule has 0 aromatic rings.